The van der Waals surface area contributed by atoms with E-state index in [0.717, 1.165) is 0 Å². The van der Waals surface area contributed by atoms with E-state index in [1.807, 2.05) is 0 Å². The number of carbonyl (C=O) groups excluding carboxylic acids is 5. The molecule has 2 heterocycles. The highest BCUT2D eigenvalue weighted by Crippen LogP contribution is 2.08. The number of alkyl carbamates (subject to hydrolysis) is 2. The molecule has 2 rings (SSSR count). The lowest BCUT2D eigenvalue weighted by Gasteiger charge is -2.17. The molecule has 174 valence electrons. The zero-order valence-corrected chi connectivity index (χ0v) is 16.8. The first kappa shape index (κ1) is 23.8. The van der Waals surface area contributed by atoms with Crippen molar-refractivity contribution < 1.29 is 57.1 Å². The number of amides is 2. The van der Waals surface area contributed by atoms with Crippen LogP contribution in [0.25, 0.3) is 0 Å². The number of esters is 1. The van der Waals surface area contributed by atoms with Crippen molar-refractivity contribution in [1.29, 1.82) is 0 Å². The standard InChI is InChI=1S/C17H24N2O12/c1-25-13(20)12(19-15(22)27-7-11-9-29-17(24)31-11)4-2-3-5-18-14(21)26-6-10-8-28-16(23)30-10/h10-12H,2-9H2,1H3,(H,18,21)(H,19,22)/t10?,11?,12-/m0/s1. The van der Waals surface area contributed by atoms with E-state index in [0.29, 0.717) is 12.8 Å². The Balaban J connectivity index is 1.58. The van der Waals surface area contributed by atoms with Crippen molar-refractivity contribution in [3.05, 3.63) is 0 Å². The van der Waals surface area contributed by atoms with Gasteiger partial charge in [0.25, 0.3) is 0 Å². The number of rotatable bonds is 11. The first-order valence-electron chi connectivity index (χ1n) is 9.46. The Labute approximate surface area is 176 Å². The van der Waals surface area contributed by atoms with E-state index >= 15 is 0 Å². The molecule has 3 atom stereocenters. The molecule has 0 aromatic carbocycles. The molecule has 0 saturated carbocycles. The van der Waals surface area contributed by atoms with Gasteiger partial charge < -0.3 is 43.8 Å². The van der Waals surface area contributed by atoms with E-state index in [4.69, 9.17) is 18.9 Å². The maximum absolute atomic E-state index is 11.9. The molecule has 2 fully saturated rings. The van der Waals surface area contributed by atoms with Crippen LogP contribution < -0.4 is 10.6 Å². The molecule has 0 spiro atoms. The van der Waals surface area contributed by atoms with Crippen LogP contribution in [0.2, 0.25) is 0 Å². The molecule has 2 N–H and O–H groups in total. The van der Waals surface area contributed by atoms with Crippen LogP contribution in [-0.4, -0.2) is 88.8 Å². The van der Waals surface area contributed by atoms with Crippen molar-refractivity contribution in [1.82, 2.24) is 10.6 Å². The lowest BCUT2D eigenvalue weighted by molar-refractivity contribution is -0.143. The predicted octanol–water partition coefficient (Wildman–Crippen LogP) is 0.222. The smallest absolute Gasteiger partial charge is 0.467 e. The molecule has 2 unspecified atom stereocenters. The fourth-order valence-electron chi connectivity index (χ4n) is 2.52. The summed E-state index contributed by atoms with van der Waals surface area (Å²) in [5.74, 6) is -0.659. The van der Waals surface area contributed by atoms with Crippen LogP contribution >= 0.6 is 0 Å². The third-order valence-corrected chi connectivity index (χ3v) is 4.07. The van der Waals surface area contributed by atoms with Crippen LogP contribution in [-0.2, 0) is 38.0 Å². The highest BCUT2D eigenvalue weighted by atomic mass is 16.8. The predicted molar refractivity (Wildman–Crippen MR) is 95.9 cm³/mol. The van der Waals surface area contributed by atoms with Crippen LogP contribution in [0.4, 0.5) is 19.2 Å². The van der Waals surface area contributed by atoms with E-state index in [9.17, 15) is 24.0 Å². The van der Waals surface area contributed by atoms with Crippen LogP contribution in [0.15, 0.2) is 0 Å². The Morgan fingerprint density at radius 2 is 1.55 bits per heavy atom. The van der Waals surface area contributed by atoms with Gasteiger partial charge in [-0.15, -0.1) is 0 Å². The summed E-state index contributed by atoms with van der Waals surface area (Å²) < 4.78 is 33.0. The van der Waals surface area contributed by atoms with Gasteiger partial charge in [0, 0.05) is 6.54 Å². The number of hydrogen-bond acceptors (Lipinski definition) is 12. The summed E-state index contributed by atoms with van der Waals surface area (Å²) in [5.41, 5.74) is 0. The van der Waals surface area contributed by atoms with Crippen LogP contribution in [0.3, 0.4) is 0 Å². The molecule has 2 amide bonds. The van der Waals surface area contributed by atoms with Crippen molar-refractivity contribution in [2.75, 3.05) is 40.1 Å². The minimum atomic E-state index is -0.955. The first-order valence-corrected chi connectivity index (χ1v) is 9.46. The monoisotopic (exact) mass is 448 g/mol. The molecular weight excluding hydrogens is 424 g/mol. The number of ether oxygens (including phenoxy) is 7. The van der Waals surface area contributed by atoms with E-state index in [1.165, 1.54) is 7.11 Å². The van der Waals surface area contributed by atoms with Crippen LogP contribution in [0, 0.1) is 0 Å². The van der Waals surface area contributed by atoms with E-state index in [1.54, 1.807) is 0 Å². The molecule has 0 aliphatic carbocycles. The molecule has 31 heavy (non-hydrogen) atoms. The molecule has 0 aromatic heterocycles. The second kappa shape index (κ2) is 12.3. The molecule has 14 heteroatoms. The Morgan fingerprint density at radius 3 is 2.06 bits per heavy atom. The minimum absolute atomic E-state index is 0.0239. The molecule has 0 aromatic rings. The zero-order valence-electron chi connectivity index (χ0n) is 16.8. The number of cyclic esters (lactones) is 4. The minimum Gasteiger partial charge on any atom is -0.467 e. The highest BCUT2D eigenvalue weighted by Gasteiger charge is 2.28. The van der Waals surface area contributed by atoms with Crippen molar-refractivity contribution in [2.24, 2.45) is 0 Å². The summed E-state index contributed by atoms with van der Waals surface area (Å²) in [6.45, 7) is -0.0906. The van der Waals surface area contributed by atoms with Gasteiger partial charge >= 0.3 is 30.5 Å². The fraction of sp³-hybridized carbons (Fsp3) is 0.706. The van der Waals surface area contributed by atoms with Gasteiger partial charge in [0.05, 0.1) is 7.11 Å². The van der Waals surface area contributed by atoms with Gasteiger partial charge in [-0.1, -0.05) is 0 Å². The van der Waals surface area contributed by atoms with Gasteiger partial charge in [-0.2, -0.15) is 0 Å². The average molecular weight is 448 g/mol. The topological polar surface area (TPSA) is 174 Å². The van der Waals surface area contributed by atoms with Gasteiger partial charge in [0.2, 0.25) is 0 Å². The molecule has 2 aliphatic heterocycles. The van der Waals surface area contributed by atoms with E-state index in [2.05, 4.69) is 24.8 Å². The summed E-state index contributed by atoms with van der Waals surface area (Å²) in [6.07, 6.45) is -3.36. The molecule has 2 saturated heterocycles. The normalized spacial score (nSPS) is 20.4. The maximum atomic E-state index is 11.9. The van der Waals surface area contributed by atoms with Gasteiger partial charge in [-0.3, -0.25) is 0 Å². The number of nitrogens with one attached hydrogen (secondary N) is 2. The lowest BCUT2D eigenvalue weighted by Crippen LogP contribution is -2.42. The van der Waals surface area contributed by atoms with Gasteiger partial charge in [0.15, 0.2) is 12.2 Å². The quantitative estimate of drug-likeness (QED) is 0.250. The van der Waals surface area contributed by atoms with Gasteiger partial charge in [-0.25, -0.2) is 24.0 Å². The maximum Gasteiger partial charge on any atom is 0.508 e. The number of unbranched alkanes of at least 4 members (excludes halogenated alkanes) is 1. The summed E-state index contributed by atoms with van der Waals surface area (Å²) in [6, 6.07) is -0.955. The van der Waals surface area contributed by atoms with E-state index in [-0.39, 0.29) is 39.4 Å². The molecule has 2 aliphatic rings. The summed E-state index contributed by atoms with van der Waals surface area (Å²) >= 11 is 0. The Morgan fingerprint density at radius 1 is 0.968 bits per heavy atom. The molecule has 0 bridgehead atoms. The van der Waals surface area contributed by atoms with Crippen molar-refractivity contribution >= 4 is 30.5 Å². The lowest BCUT2D eigenvalue weighted by atomic mass is 10.1. The summed E-state index contributed by atoms with van der Waals surface area (Å²) in [4.78, 5) is 56.8. The molecular formula is C17H24N2O12. The second-order valence-electron chi connectivity index (χ2n) is 6.44. The first-order chi connectivity index (χ1) is 14.9. The molecule has 0 radical (unpaired) electrons. The Bertz CT molecular complexity index is 669. The number of methoxy groups -OCH3 is 1. The third-order valence-electron chi connectivity index (χ3n) is 4.07. The average Bonchev–Trinajstić information content (AvgIpc) is 3.36. The third kappa shape index (κ3) is 8.84. The Hall–Kier alpha value is -3.45. The SMILES string of the molecule is COC(=O)[C@H](CCCCNC(=O)OCC1COC(=O)O1)NC(=O)OCC1COC(=O)O1. The van der Waals surface area contributed by atoms with Crippen LogP contribution in [0.5, 0.6) is 0 Å². The van der Waals surface area contributed by atoms with Gasteiger partial charge in [0.1, 0.15) is 32.5 Å². The highest BCUT2D eigenvalue weighted by molar-refractivity contribution is 5.81. The Kier molecular flexibility index (Phi) is 9.45. The largest absolute Gasteiger partial charge is 0.508 e. The van der Waals surface area contributed by atoms with E-state index < -0.39 is 48.7 Å². The van der Waals surface area contributed by atoms with Crippen LogP contribution in [0.1, 0.15) is 19.3 Å². The van der Waals surface area contributed by atoms with Crippen molar-refractivity contribution in [2.45, 2.75) is 37.5 Å². The second-order valence-corrected chi connectivity index (χ2v) is 6.44. The van der Waals surface area contributed by atoms with Crippen molar-refractivity contribution in [3.8, 4) is 0 Å². The summed E-state index contributed by atoms with van der Waals surface area (Å²) in [5, 5.41) is 4.88. The number of carbonyl (C=O) groups is 5. The number of hydrogen-bond donors (Lipinski definition) is 2. The van der Waals surface area contributed by atoms with Gasteiger partial charge in [-0.05, 0) is 19.3 Å². The zero-order chi connectivity index (χ0) is 22.6. The molecule has 14 nitrogen and oxygen atoms in total. The van der Waals surface area contributed by atoms with Crippen molar-refractivity contribution in [3.63, 3.8) is 0 Å². The fourth-order valence-corrected chi connectivity index (χ4v) is 2.52. The summed E-state index contributed by atoms with van der Waals surface area (Å²) in [7, 11) is 1.18.